The normalized spacial score (nSPS) is 22.3. The molecule has 3 rings (SSSR count). The van der Waals surface area contributed by atoms with Gasteiger partial charge in [-0.1, -0.05) is 4.40 Å². The number of carboxylic acid groups (broad SMARTS) is 1. The third-order valence-electron chi connectivity index (χ3n) is 5.10. The number of fused-ring (bicyclic) bond motifs is 1. The summed E-state index contributed by atoms with van der Waals surface area (Å²) < 4.78 is 16.9. The molecule has 1 aromatic heterocycles. The van der Waals surface area contributed by atoms with Crippen LogP contribution in [0.4, 0.5) is 4.79 Å². The van der Waals surface area contributed by atoms with Crippen LogP contribution in [0.15, 0.2) is 16.7 Å². The van der Waals surface area contributed by atoms with Gasteiger partial charge in [-0.3, -0.25) is 4.98 Å². The van der Waals surface area contributed by atoms with E-state index in [-0.39, 0.29) is 5.41 Å². The van der Waals surface area contributed by atoms with Crippen LogP contribution in [0.3, 0.4) is 0 Å². The molecule has 0 bridgehead atoms. The number of carbonyl (C=O) groups is 1. The molecule has 2 aliphatic rings. The molecule has 0 radical (unpaired) electrons. The maximum Gasteiger partial charge on any atom is 0.407 e. The van der Waals surface area contributed by atoms with Gasteiger partial charge in [0.2, 0.25) is 0 Å². The summed E-state index contributed by atoms with van der Waals surface area (Å²) in [7, 11) is 0. The smallest absolute Gasteiger partial charge is 0.407 e. The molecule has 2 heterocycles. The number of hydrogen-bond donors (Lipinski definition) is 1. The van der Waals surface area contributed by atoms with Crippen molar-refractivity contribution in [3.63, 3.8) is 0 Å². The molecule has 1 amide bonds. The van der Waals surface area contributed by atoms with Gasteiger partial charge in [-0.25, -0.2) is 4.79 Å². The van der Waals surface area contributed by atoms with Crippen LogP contribution in [-0.4, -0.2) is 49.2 Å². The Morgan fingerprint density at radius 1 is 1.40 bits per heavy atom. The second-order valence-electron chi connectivity index (χ2n) is 8.01. The molecule has 25 heavy (non-hydrogen) atoms. The van der Waals surface area contributed by atoms with E-state index < -0.39 is 22.2 Å². The fourth-order valence-electron chi connectivity index (χ4n) is 3.62. The molecule has 0 aromatic carbocycles. The molecule has 1 N–H and O–H groups in total. The third-order valence-corrected chi connectivity index (χ3v) is 6.50. The first-order chi connectivity index (χ1) is 11.6. The summed E-state index contributed by atoms with van der Waals surface area (Å²) in [5.74, 6) is 0. The number of amides is 1. The first kappa shape index (κ1) is 18.2. The molecule has 0 saturated carbocycles. The molecule has 0 unspecified atom stereocenters. The molecule has 1 atom stereocenters. The van der Waals surface area contributed by atoms with E-state index in [1.54, 1.807) is 0 Å². The summed E-state index contributed by atoms with van der Waals surface area (Å²) >= 11 is -1.35. The van der Waals surface area contributed by atoms with E-state index in [0.29, 0.717) is 25.9 Å². The van der Waals surface area contributed by atoms with Gasteiger partial charge in [-0.15, -0.1) is 0 Å². The van der Waals surface area contributed by atoms with Crippen LogP contribution in [0.25, 0.3) is 0 Å². The summed E-state index contributed by atoms with van der Waals surface area (Å²) in [5, 5.41) is 9.23. The van der Waals surface area contributed by atoms with Gasteiger partial charge in [0.1, 0.15) is 21.8 Å². The topological polar surface area (TPSA) is 88.9 Å². The quantitative estimate of drug-likeness (QED) is 0.777. The molecule has 1 spiro atoms. The van der Waals surface area contributed by atoms with Gasteiger partial charge < -0.3 is 14.6 Å². The van der Waals surface area contributed by atoms with Crippen molar-refractivity contribution in [3.8, 4) is 0 Å². The maximum absolute atomic E-state index is 12.7. The van der Waals surface area contributed by atoms with Crippen LogP contribution < -0.4 is 0 Å². The van der Waals surface area contributed by atoms with Crippen molar-refractivity contribution in [2.24, 2.45) is 9.81 Å². The Morgan fingerprint density at radius 2 is 2.04 bits per heavy atom. The standard InChI is InChI=1S/C18H25N3O3S/c1-12-9-13-10-18(5-7-21(8-6-18)16(22)23)15(14(13)11-19-12)20-25(24)17(2,3)4/h9,11H,5-8,10H2,1-4H3,(H,22,23)/b20-15+/t25-/m1/s1. The highest BCUT2D eigenvalue weighted by atomic mass is 32.2. The highest BCUT2D eigenvalue weighted by molar-refractivity contribution is 7.91. The van der Waals surface area contributed by atoms with E-state index in [4.69, 9.17) is 0 Å². The lowest BCUT2D eigenvalue weighted by Gasteiger charge is -2.38. The summed E-state index contributed by atoms with van der Waals surface area (Å²) in [5.41, 5.74) is 3.74. The van der Waals surface area contributed by atoms with E-state index in [1.807, 2.05) is 33.9 Å². The summed E-state index contributed by atoms with van der Waals surface area (Å²) in [6, 6.07) is 2.07. The number of rotatable bonds is 1. The number of nitrogens with zero attached hydrogens (tertiary/aromatic N) is 3. The average molecular weight is 363 g/mol. The van der Waals surface area contributed by atoms with Crippen LogP contribution in [0.5, 0.6) is 0 Å². The first-order valence-electron chi connectivity index (χ1n) is 8.57. The van der Waals surface area contributed by atoms with E-state index >= 15 is 0 Å². The summed E-state index contributed by atoms with van der Waals surface area (Å²) in [6.45, 7) is 8.67. The van der Waals surface area contributed by atoms with Crippen LogP contribution >= 0.6 is 0 Å². The van der Waals surface area contributed by atoms with Crippen LogP contribution in [0.2, 0.25) is 0 Å². The van der Waals surface area contributed by atoms with Gasteiger partial charge >= 0.3 is 6.09 Å². The van der Waals surface area contributed by atoms with Crippen molar-refractivity contribution < 1.29 is 14.5 Å². The van der Waals surface area contributed by atoms with Gasteiger partial charge in [-0.2, -0.15) is 0 Å². The fourth-order valence-corrected chi connectivity index (χ4v) is 4.35. The lowest BCUT2D eigenvalue weighted by molar-refractivity contribution is 0.115. The molecule has 7 heteroatoms. The number of piperidine rings is 1. The Morgan fingerprint density at radius 3 is 2.60 bits per heavy atom. The van der Waals surface area contributed by atoms with Crippen LogP contribution in [-0.2, 0) is 17.8 Å². The largest absolute Gasteiger partial charge is 0.591 e. The van der Waals surface area contributed by atoms with Gasteiger partial charge in [0.25, 0.3) is 0 Å². The van der Waals surface area contributed by atoms with Gasteiger partial charge in [0.15, 0.2) is 0 Å². The molecule has 1 aliphatic carbocycles. The fraction of sp³-hybridized carbons (Fsp3) is 0.611. The average Bonchev–Trinajstić information content (AvgIpc) is 2.79. The molecule has 1 aromatic rings. The molecule has 1 fully saturated rings. The predicted molar refractivity (Wildman–Crippen MR) is 98.4 cm³/mol. The lowest BCUT2D eigenvalue weighted by atomic mass is 9.75. The van der Waals surface area contributed by atoms with Gasteiger partial charge in [-0.05, 0) is 58.6 Å². The van der Waals surface area contributed by atoms with Gasteiger partial charge in [0, 0.05) is 36.0 Å². The predicted octanol–water partition coefficient (Wildman–Crippen LogP) is 2.96. The SMILES string of the molecule is Cc1cc2c(cn1)/C(=N\[S@+]([O-])C(C)(C)C)C1(CCN(C(=O)O)CC1)C2. The van der Waals surface area contributed by atoms with Crippen molar-refractivity contribution in [1.82, 2.24) is 9.88 Å². The second-order valence-corrected chi connectivity index (χ2v) is 9.92. The Balaban J connectivity index is 2.01. The minimum Gasteiger partial charge on any atom is -0.591 e. The minimum atomic E-state index is -1.35. The van der Waals surface area contributed by atoms with E-state index in [2.05, 4.69) is 15.4 Å². The maximum atomic E-state index is 12.7. The van der Waals surface area contributed by atoms with Crippen molar-refractivity contribution >= 4 is 23.2 Å². The summed E-state index contributed by atoms with van der Waals surface area (Å²) in [6.07, 6.45) is 3.18. The molecular weight excluding hydrogens is 338 g/mol. The van der Waals surface area contributed by atoms with Crippen LogP contribution in [0.1, 0.15) is 50.4 Å². The minimum absolute atomic E-state index is 0.231. The molecule has 1 saturated heterocycles. The number of aromatic nitrogens is 1. The lowest BCUT2D eigenvalue weighted by Crippen LogP contribution is -2.45. The first-order valence-corrected chi connectivity index (χ1v) is 9.68. The number of likely N-dealkylation sites (tertiary alicyclic amines) is 1. The molecule has 6 nitrogen and oxygen atoms in total. The zero-order valence-electron chi connectivity index (χ0n) is 15.2. The highest BCUT2D eigenvalue weighted by Crippen LogP contribution is 2.45. The Labute approximate surface area is 151 Å². The third kappa shape index (κ3) is 3.40. The second kappa shape index (κ2) is 6.29. The molecule has 136 valence electrons. The van der Waals surface area contributed by atoms with Crippen molar-refractivity contribution in [1.29, 1.82) is 0 Å². The zero-order valence-corrected chi connectivity index (χ0v) is 16.0. The van der Waals surface area contributed by atoms with Crippen LogP contribution in [0, 0.1) is 12.3 Å². The van der Waals surface area contributed by atoms with E-state index in [0.717, 1.165) is 23.4 Å². The van der Waals surface area contributed by atoms with E-state index in [1.165, 1.54) is 10.5 Å². The monoisotopic (exact) mass is 363 g/mol. The van der Waals surface area contributed by atoms with E-state index in [9.17, 15) is 14.5 Å². The van der Waals surface area contributed by atoms with Gasteiger partial charge in [0.05, 0.1) is 0 Å². The Hall–Kier alpha value is -1.60. The number of hydrogen-bond acceptors (Lipinski definition) is 4. The Kier molecular flexibility index (Phi) is 4.58. The van der Waals surface area contributed by atoms with Crippen molar-refractivity contribution in [2.45, 2.75) is 51.7 Å². The van der Waals surface area contributed by atoms with Crippen molar-refractivity contribution in [3.05, 3.63) is 29.1 Å². The zero-order chi connectivity index (χ0) is 18.4. The Bertz CT molecular complexity index is 719. The van der Waals surface area contributed by atoms with Crippen molar-refractivity contribution in [2.75, 3.05) is 13.1 Å². The number of pyridine rings is 1. The molecular formula is C18H25N3O3S. The highest BCUT2D eigenvalue weighted by Gasteiger charge is 2.48. The molecule has 1 aliphatic heterocycles. The summed E-state index contributed by atoms with van der Waals surface area (Å²) in [4.78, 5) is 17.1. The number of aryl methyl sites for hydroxylation is 1.